The molecule has 3 heteroatoms. The van der Waals surface area contributed by atoms with Gasteiger partial charge in [0.2, 0.25) is 5.91 Å². The van der Waals surface area contributed by atoms with E-state index in [4.69, 9.17) is 0 Å². The minimum atomic E-state index is 0.0569. The molecule has 1 amide bonds. The first-order valence-electron chi connectivity index (χ1n) is 8.02. The van der Waals surface area contributed by atoms with Crippen molar-refractivity contribution in [3.05, 3.63) is 0 Å². The maximum absolute atomic E-state index is 11.5. The fourth-order valence-electron chi connectivity index (χ4n) is 2.05. The molecule has 0 fully saturated rings. The third-order valence-corrected chi connectivity index (χ3v) is 3.24. The van der Waals surface area contributed by atoms with Gasteiger partial charge in [-0.25, -0.2) is 5.43 Å². The van der Waals surface area contributed by atoms with E-state index in [1.807, 2.05) is 6.92 Å². The van der Waals surface area contributed by atoms with E-state index < -0.39 is 0 Å². The molecule has 0 bridgehead atoms. The van der Waals surface area contributed by atoms with Gasteiger partial charge >= 0.3 is 0 Å². The van der Waals surface area contributed by atoms with Gasteiger partial charge in [0, 0.05) is 12.1 Å². The molecule has 0 aromatic heterocycles. The average Bonchev–Trinajstić information content (AvgIpc) is 2.40. The Kier molecular flexibility index (Phi) is 13.0. The molecule has 0 aliphatic heterocycles. The predicted molar refractivity (Wildman–Crippen MR) is 83.4 cm³/mol. The average molecular weight is 268 g/mol. The van der Waals surface area contributed by atoms with Crippen LogP contribution in [0.15, 0.2) is 5.10 Å². The van der Waals surface area contributed by atoms with Gasteiger partial charge in [0.1, 0.15) is 0 Å². The number of nitrogens with zero attached hydrogens (tertiary/aromatic N) is 1. The molecule has 0 aromatic rings. The van der Waals surface area contributed by atoms with Crippen LogP contribution in [-0.2, 0) is 4.79 Å². The molecular formula is C16H32N2O. The van der Waals surface area contributed by atoms with Gasteiger partial charge in [0.25, 0.3) is 0 Å². The van der Waals surface area contributed by atoms with Crippen LogP contribution in [0.1, 0.15) is 91.4 Å². The topological polar surface area (TPSA) is 41.5 Å². The summed E-state index contributed by atoms with van der Waals surface area (Å²) in [7, 11) is 0. The van der Waals surface area contributed by atoms with Gasteiger partial charge in [0.15, 0.2) is 0 Å². The largest absolute Gasteiger partial charge is 0.273 e. The smallest absolute Gasteiger partial charge is 0.240 e. The number of rotatable bonds is 12. The van der Waals surface area contributed by atoms with E-state index in [0.29, 0.717) is 6.42 Å². The fourth-order valence-corrected chi connectivity index (χ4v) is 2.05. The van der Waals surface area contributed by atoms with E-state index in [2.05, 4.69) is 24.4 Å². The van der Waals surface area contributed by atoms with Gasteiger partial charge in [-0.05, 0) is 19.8 Å². The van der Waals surface area contributed by atoms with Crippen LogP contribution in [0.2, 0.25) is 0 Å². The molecule has 0 saturated heterocycles. The maximum Gasteiger partial charge on any atom is 0.240 e. The van der Waals surface area contributed by atoms with Crippen LogP contribution in [0.4, 0.5) is 0 Å². The summed E-state index contributed by atoms with van der Waals surface area (Å²) >= 11 is 0. The lowest BCUT2D eigenvalue weighted by Crippen LogP contribution is -2.18. The highest BCUT2D eigenvalue weighted by molar-refractivity contribution is 5.84. The van der Waals surface area contributed by atoms with Crippen LogP contribution < -0.4 is 5.43 Å². The second kappa shape index (κ2) is 13.6. The van der Waals surface area contributed by atoms with Gasteiger partial charge in [-0.2, -0.15) is 5.10 Å². The fraction of sp³-hybridized carbons (Fsp3) is 0.875. The normalized spacial score (nSPS) is 11.6. The Labute approximate surface area is 119 Å². The van der Waals surface area contributed by atoms with Crippen molar-refractivity contribution in [3.8, 4) is 0 Å². The number of nitrogens with one attached hydrogen (secondary N) is 1. The third kappa shape index (κ3) is 13.4. The highest BCUT2D eigenvalue weighted by Gasteiger charge is 2.00. The van der Waals surface area contributed by atoms with Crippen molar-refractivity contribution < 1.29 is 4.79 Å². The number of unbranched alkanes of at least 4 members (excludes halogenated alkanes) is 7. The highest BCUT2D eigenvalue weighted by Crippen LogP contribution is 2.09. The monoisotopic (exact) mass is 268 g/mol. The van der Waals surface area contributed by atoms with Gasteiger partial charge in [0.05, 0.1) is 0 Å². The SMILES string of the molecule is CCCCCCCCCCC(=O)N/N=C(\C)CCC. The Hall–Kier alpha value is -0.860. The van der Waals surface area contributed by atoms with Gasteiger partial charge in [-0.15, -0.1) is 0 Å². The minimum Gasteiger partial charge on any atom is -0.273 e. The molecule has 0 rings (SSSR count). The summed E-state index contributed by atoms with van der Waals surface area (Å²) in [5.41, 5.74) is 3.64. The second-order valence-electron chi connectivity index (χ2n) is 5.36. The first kappa shape index (κ1) is 18.1. The number of hydrogen-bond acceptors (Lipinski definition) is 2. The molecule has 112 valence electrons. The zero-order valence-corrected chi connectivity index (χ0v) is 13.1. The molecular weight excluding hydrogens is 236 g/mol. The van der Waals surface area contributed by atoms with Gasteiger partial charge < -0.3 is 0 Å². The van der Waals surface area contributed by atoms with Crippen LogP contribution in [0, 0.1) is 0 Å². The van der Waals surface area contributed by atoms with Crippen molar-refractivity contribution in [1.29, 1.82) is 0 Å². The molecule has 0 unspecified atom stereocenters. The lowest BCUT2D eigenvalue weighted by molar-refractivity contribution is -0.121. The molecule has 19 heavy (non-hydrogen) atoms. The quantitative estimate of drug-likeness (QED) is 0.308. The van der Waals surface area contributed by atoms with Crippen LogP contribution >= 0.6 is 0 Å². The summed E-state index contributed by atoms with van der Waals surface area (Å²) in [6, 6.07) is 0. The summed E-state index contributed by atoms with van der Waals surface area (Å²) in [5, 5.41) is 4.08. The van der Waals surface area contributed by atoms with Gasteiger partial charge in [-0.1, -0.05) is 65.2 Å². The third-order valence-electron chi connectivity index (χ3n) is 3.24. The summed E-state index contributed by atoms with van der Waals surface area (Å²) in [5.74, 6) is 0.0569. The Balaban J connectivity index is 3.36. The zero-order chi connectivity index (χ0) is 14.3. The summed E-state index contributed by atoms with van der Waals surface area (Å²) < 4.78 is 0. The molecule has 3 nitrogen and oxygen atoms in total. The molecule has 0 heterocycles. The first-order chi connectivity index (χ1) is 9.20. The van der Waals surface area contributed by atoms with Crippen LogP contribution in [0.3, 0.4) is 0 Å². The van der Waals surface area contributed by atoms with Crippen LogP contribution in [0.5, 0.6) is 0 Å². The van der Waals surface area contributed by atoms with E-state index in [1.165, 1.54) is 38.5 Å². The van der Waals surface area contributed by atoms with Crippen molar-refractivity contribution in [2.75, 3.05) is 0 Å². The number of carbonyl (C=O) groups is 1. The molecule has 0 atom stereocenters. The first-order valence-corrected chi connectivity index (χ1v) is 8.02. The Morgan fingerprint density at radius 3 is 2.00 bits per heavy atom. The van der Waals surface area contributed by atoms with E-state index in [-0.39, 0.29) is 5.91 Å². The summed E-state index contributed by atoms with van der Waals surface area (Å²) in [6.07, 6.45) is 12.7. The Morgan fingerprint density at radius 2 is 1.42 bits per heavy atom. The van der Waals surface area contributed by atoms with E-state index >= 15 is 0 Å². The van der Waals surface area contributed by atoms with Crippen molar-refractivity contribution in [3.63, 3.8) is 0 Å². The van der Waals surface area contributed by atoms with Gasteiger partial charge in [-0.3, -0.25) is 4.79 Å². The van der Waals surface area contributed by atoms with Crippen molar-refractivity contribution in [2.24, 2.45) is 5.10 Å². The van der Waals surface area contributed by atoms with E-state index in [1.54, 1.807) is 0 Å². The highest BCUT2D eigenvalue weighted by atomic mass is 16.2. The molecule has 0 aliphatic carbocycles. The molecule has 0 aliphatic rings. The van der Waals surface area contributed by atoms with Crippen molar-refractivity contribution >= 4 is 11.6 Å². The number of hydrogen-bond donors (Lipinski definition) is 1. The maximum atomic E-state index is 11.5. The van der Waals surface area contributed by atoms with Crippen molar-refractivity contribution in [1.82, 2.24) is 5.43 Å². The van der Waals surface area contributed by atoms with Crippen molar-refractivity contribution in [2.45, 2.75) is 91.4 Å². The molecule has 0 saturated carbocycles. The predicted octanol–water partition coefficient (Wildman–Crippen LogP) is 4.81. The standard InChI is InChI=1S/C16H32N2O/c1-4-6-7-8-9-10-11-12-14-16(19)18-17-15(3)13-5-2/h4-14H2,1-3H3,(H,18,19)/b17-15+. The van der Waals surface area contributed by atoms with Crippen LogP contribution in [0.25, 0.3) is 0 Å². The lowest BCUT2D eigenvalue weighted by atomic mass is 10.1. The molecule has 0 radical (unpaired) electrons. The molecule has 0 spiro atoms. The molecule has 0 aromatic carbocycles. The number of carbonyl (C=O) groups excluding carboxylic acids is 1. The second-order valence-corrected chi connectivity index (χ2v) is 5.36. The Bertz CT molecular complexity index is 249. The lowest BCUT2D eigenvalue weighted by Gasteiger charge is -2.02. The minimum absolute atomic E-state index is 0.0569. The Morgan fingerprint density at radius 1 is 0.842 bits per heavy atom. The zero-order valence-electron chi connectivity index (χ0n) is 13.1. The van der Waals surface area contributed by atoms with Crippen LogP contribution in [-0.4, -0.2) is 11.6 Å². The van der Waals surface area contributed by atoms with E-state index in [0.717, 1.165) is 31.4 Å². The number of hydrazone groups is 1. The molecule has 1 N–H and O–H groups in total. The summed E-state index contributed by atoms with van der Waals surface area (Å²) in [6.45, 7) is 6.31. The van der Waals surface area contributed by atoms with E-state index in [9.17, 15) is 4.79 Å². The summed E-state index contributed by atoms with van der Waals surface area (Å²) in [4.78, 5) is 11.5. The number of amides is 1.